The fraction of sp³-hybridized carbons (Fsp3) is 0.579. The van der Waals surface area contributed by atoms with E-state index < -0.39 is 0 Å². The Hall–Kier alpha value is -1.88. The van der Waals surface area contributed by atoms with Crippen molar-refractivity contribution in [1.29, 1.82) is 0 Å². The Balaban J connectivity index is 2.69. The molecule has 0 saturated carbocycles. The SMILES string of the molecule is CCCN(CCC)CC(=O)Nc1cccc(C(=O)NC(C)(C)C)c1. The maximum Gasteiger partial charge on any atom is 0.251 e. The van der Waals surface area contributed by atoms with Gasteiger partial charge in [0.2, 0.25) is 5.91 Å². The van der Waals surface area contributed by atoms with E-state index in [0.29, 0.717) is 17.8 Å². The van der Waals surface area contributed by atoms with Crippen LogP contribution in [0, 0.1) is 0 Å². The number of hydrogen-bond donors (Lipinski definition) is 2. The number of amides is 2. The summed E-state index contributed by atoms with van der Waals surface area (Å²) in [6.45, 7) is 12.2. The van der Waals surface area contributed by atoms with Crippen LogP contribution in [0.15, 0.2) is 24.3 Å². The lowest BCUT2D eigenvalue weighted by Gasteiger charge is -2.21. The van der Waals surface area contributed by atoms with Crippen molar-refractivity contribution in [3.05, 3.63) is 29.8 Å². The number of carbonyl (C=O) groups excluding carboxylic acids is 2. The summed E-state index contributed by atoms with van der Waals surface area (Å²) in [5.41, 5.74) is 0.896. The maximum atomic E-state index is 12.2. The third-order valence-electron chi connectivity index (χ3n) is 3.34. The van der Waals surface area contributed by atoms with E-state index in [4.69, 9.17) is 0 Å². The van der Waals surface area contributed by atoms with Crippen LogP contribution < -0.4 is 10.6 Å². The predicted molar refractivity (Wildman–Crippen MR) is 99.3 cm³/mol. The summed E-state index contributed by atoms with van der Waals surface area (Å²) in [7, 11) is 0. The molecule has 2 N–H and O–H groups in total. The highest BCUT2D eigenvalue weighted by molar-refractivity contribution is 5.97. The zero-order chi connectivity index (χ0) is 18.2. The van der Waals surface area contributed by atoms with Crippen molar-refractivity contribution in [3.63, 3.8) is 0 Å². The van der Waals surface area contributed by atoms with Gasteiger partial charge < -0.3 is 10.6 Å². The standard InChI is InChI=1S/C19H31N3O2/c1-6-11-22(12-7-2)14-17(23)20-16-10-8-9-15(13-16)18(24)21-19(3,4)5/h8-10,13H,6-7,11-12,14H2,1-5H3,(H,20,23)(H,21,24). The Morgan fingerprint density at radius 2 is 1.71 bits per heavy atom. The number of rotatable bonds is 8. The first-order valence-electron chi connectivity index (χ1n) is 8.70. The van der Waals surface area contributed by atoms with Gasteiger partial charge in [0.25, 0.3) is 5.91 Å². The second-order valence-electron chi connectivity index (χ2n) is 7.11. The van der Waals surface area contributed by atoms with Crippen LogP contribution in [0.25, 0.3) is 0 Å². The van der Waals surface area contributed by atoms with Crippen LogP contribution in [-0.4, -0.2) is 41.9 Å². The number of nitrogens with zero attached hydrogens (tertiary/aromatic N) is 1. The van der Waals surface area contributed by atoms with E-state index in [1.165, 1.54) is 0 Å². The minimum atomic E-state index is -0.295. The molecule has 5 heteroatoms. The minimum absolute atomic E-state index is 0.0507. The first-order chi connectivity index (χ1) is 11.2. The Bertz CT molecular complexity index is 544. The summed E-state index contributed by atoms with van der Waals surface area (Å²) >= 11 is 0. The van der Waals surface area contributed by atoms with Gasteiger partial charge in [-0.15, -0.1) is 0 Å². The largest absolute Gasteiger partial charge is 0.347 e. The van der Waals surface area contributed by atoms with Gasteiger partial charge in [0.15, 0.2) is 0 Å². The van der Waals surface area contributed by atoms with Crippen LogP contribution in [0.1, 0.15) is 57.8 Å². The Kier molecular flexibility index (Phi) is 7.92. The molecule has 5 nitrogen and oxygen atoms in total. The number of anilines is 1. The van der Waals surface area contributed by atoms with Crippen LogP contribution in [0.5, 0.6) is 0 Å². The normalized spacial score (nSPS) is 11.4. The molecule has 0 aliphatic heterocycles. The van der Waals surface area contributed by atoms with Gasteiger partial charge in [-0.1, -0.05) is 19.9 Å². The average molecular weight is 333 g/mol. The van der Waals surface area contributed by atoms with Crippen molar-refractivity contribution in [2.45, 2.75) is 53.0 Å². The summed E-state index contributed by atoms with van der Waals surface area (Å²) in [5, 5.41) is 5.81. The molecule has 0 radical (unpaired) electrons. The molecule has 2 amide bonds. The third kappa shape index (κ3) is 7.59. The second kappa shape index (κ2) is 9.42. The van der Waals surface area contributed by atoms with E-state index in [1.807, 2.05) is 20.8 Å². The zero-order valence-electron chi connectivity index (χ0n) is 15.6. The van der Waals surface area contributed by atoms with Gasteiger partial charge in [0.05, 0.1) is 6.54 Å². The molecule has 0 aliphatic carbocycles. The Labute approximate surface area is 145 Å². The number of benzene rings is 1. The van der Waals surface area contributed by atoms with Gasteiger partial charge in [-0.05, 0) is 64.9 Å². The molecule has 0 atom stereocenters. The van der Waals surface area contributed by atoms with Crippen LogP contribution in [0.2, 0.25) is 0 Å². The third-order valence-corrected chi connectivity index (χ3v) is 3.34. The van der Waals surface area contributed by atoms with Crippen molar-refractivity contribution in [3.8, 4) is 0 Å². The molecule has 0 aliphatic rings. The molecule has 1 rings (SSSR count). The van der Waals surface area contributed by atoms with Gasteiger partial charge in [0.1, 0.15) is 0 Å². The van der Waals surface area contributed by atoms with Crippen molar-refractivity contribution in [2.24, 2.45) is 0 Å². The number of nitrogens with one attached hydrogen (secondary N) is 2. The lowest BCUT2D eigenvalue weighted by Crippen LogP contribution is -2.40. The molecule has 0 unspecified atom stereocenters. The molecule has 0 bridgehead atoms. The van der Waals surface area contributed by atoms with Gasteiger partial charge in [-0.3, -0.25) is 14.5 Å². The molecular weight excluding hydrogens is 302 g/mol. The van der Waals surface area contributed by atoms with E-state index in [1.54, 1.807) is 24.3 Å². The molecule has 134 valence electrons. The lowest BCUT2D eigenvalue weighted by atomic mass is 10.1. The van der Waals surface area contributed by atoms with E-state index in [0.717, 1.165) is 25.9 Å². The molecule has 0 fully saturated rings. The zero-order valence-corrected chi connectivity index (χ0v) is 15.6. The van der Waals surface area contributed by atoms with Crippen molar-refractivity contribution in [2.75, 3.05) is 25.0 Å². The van der Waals surface area contributed by atoms with E-state index >= 15 is 0 Å². The summed E-state index contributed by atoms with van der Waals surface area (Å²) in [5.74, 6) is -0.192. The van der Waals surface area contributed by atoms with Crippen LogP contribution in [0.3, 0.4) is 0 Å². The second-order valence-corrected chi connectivity index (χ2v) is 7.11. The lowest BCUT2D eigenvalue weighted by molar-refractivity contribution is -0.117. The topological polar surface area (TPSA) is 61.4 Å². The summed E-state index contributed by atoms with van der Waals surface area (Å²) < 4.78 is 0. The summed E-state index contributed by atoms with van der Waals surface area (Å²) in [6.07, 6.45) is 2.05. The van der Waals surface area contributed by atoms with Crippen LogP contribution in [0.4, 0.5) is 5.69 Å². The van der Waals surface area contributed by atoms with Crippen molar-refractivity contribution < 1.29 is 9.59 Å². The quantitative estimate of drug-likeness (QED) is 0.767. The van der Waals surface area contributed by atoms with E-state index in [2.05, 4.69) is 29.4 Å². The first kappa shape index (κ1) is 20.2. The molecule has 0 saturated heterocycles. The summed E-state index contributed by atoms with van der Waals surface area (Å²) in [4.78, 5) is 26.6. The van der Waals surface area contributed by atoms with E-state index in [9.17, 15) is 9.59 Å². The molecule has 0 spiro atoms. The molecule has 0 aromatic heterocycles. The average Bonchev–Trinajstić information content (AvgIpc) is 2.46. The first-order valence-corrected chi connectivity index (χ1v) is 8.70. The molecular formula is C19H31N3O2. The minimum Gasteiger partial charge on any atom is -0.347 e. The Morgan fingerprint density at radius 3 is 2.25 bits per heavy atom. The predicted octanol–water partition coefficient (Wildman–Crippen LogP) is 3.28. The monoisotopic (exact) mass is 333 g/mol. The van der Waals surface area contributed by atoms with Crippen LogP contribution in [-0.2, 0) is 4.79 Å². The fourth-order valence-electron chi connectivity index (χ4n) is 2.46. The highest BCUT2D eigenvalue weighted by Gasteiger charge is 2.16. The smallest absolute Gasteiger partial charge is 0.251 e. The van der Waals surface area contributed by atoms with Gasteiger partial charge in [-0.25, -0.2) is 0 Å². The van der Waals surface area contributed by atoms with E-state index in [-0.39, 0.29) is 17.4 Å². The maximum absolute atomic E-state index is 12.2. The summed E-state index contributed by atoms with van der Waals surface area (Å²) in [6, 6.07) is 7.04. The van der Waals surface area contributed by atoms with Gasteiger partial charge in [-0.2, -0.15) is 0 Å². The van der Waals surface area contributed by atoms with Crippen molar-refractivity contribution >= 4 is 17.5 Å². The number of carbonyl (C=O) groups is 2. The van der Waals surface area contributed by atoms with Crippen molar-refractivity contribution in [1.82, 2.24) is 10.2 Å². The molecule has 24 heavy (non-hydrogen) atoms. The molecule has 1 aromatic rings. The fourth-order valence-corrected chi connectivity index (χ4v) is 2.46. The highest BCUT2D eigenvalue weighted by Crippen LogP contribution is 2.12. The van der Waals surface area contributed by atoms with Crippen LogP contribution >= 0.6 is 0 Å². The van der Waals surface area contributed by atoms with Gasteiger partial charge >= 0.3 is 0 Å². The Morgan fingerprint density at radius 1 is 1.08 bits per heavy atom. The molecule has 0 heterocycles. The molecule has 1 aromatic carbocycles. The highest BCUT2D eigenvalue weighted by atomic mass is 16.2. The number of hydrogen-bond acceptors (Lipinski definition) is 3. The van der Waals surface area contributed by atoms with Gasteiger partial charge in [0, 0.05) is 16.8 Å².